The van der Waals surface area contributed by atoms with Crippen LogP contribution in [0.15, 0.2) is 15.2 Å². The molecule has 0 saturated carbocycles. The van der Waals surface area contributed by atoms with Crippen molar-refractivity contribution in [2.24, 2.45) is 0 Å². The predicted octanol–water partition coefficient (Wildman–Crippen LogP) is 2.95. The molecule has 0 atom stereocenters. The van der Waals surface area contributed by atoms with Crippen LogP contribution in [-0.4, -0.2) is 50.9 Å². The second-order valence-corrected chi connectivity index (χ2v) is 7.25. The van der Waals surface area contributed by atoms with Crippen molar-refractivity contribution in [2.75, 3.05) is 13.1 Å². The minimum atomic E-state index is -0.483. The number of oxazole rings is 1. The Labute approximate surface area is 151 Å². The van der Waals surface area contributed by atoms with E-state index in [1.807, 2.05) is 20.8 Å². The van der Waals surface area contributed by atoms with Crippen LogP contribution in [-0.2, 0) is 16.1 Å². The van der Waals surface area contributed by atoms with Crippen molar-refractivity contribution in [3.8, 4) is 11.6 Å². The van der Waals surface area contributed by atoms with Crippen LogP contribution in [0.3, 0.4) is 0 Å². The molecule has 1 amide bonds. The average Bonchev–Trinajstić information content (AvgIpc) is 3.20. The van der Waals surface area contributed by atoms with E-state index in [2.05, 4.69) is 15.1 Å². The lowest BCUT2D eigenvalue weighted by Gasteiger charge is -2.33. The number of aromatic nitrogens is 3. The van der Waals surface area contributed by atoms with Crippen LogP contribution < -0.4 is 0 Å². The SMILES string of the molecule is Cc1nc(-c2nc(COC3CCN(C(=O)OC(C)(C)C)CC3)no2)co1. The summed E-state index contributed by atoms with van der Waals surface area (Å²) in [5, 5.41) is 3.89. The normalized spacial score (nSPS) is 16.1. The number of amides is 1. The number of carbonyl (C=O) groups is 1. The van der Waals surface area contributed by atoms with Crippen LogP contribution in [0.2, 0.25) is 0 Å². The van der Waals surface area contributed by atoms with Gasteiger partial charge in [-0.3, -0.25) is 0 Å². The molecule has 0 radical (unpaired) electrons. The Morgan fingerprint density at radius 3 is 2.65 bits per heavy atom. The van der Waals surface area contributed by atoms with E-state index in [9.17, 15) is 4.79 Å². The molecule has 9 nitrogen and oxygen atoms in total. The first kappa shape index (κ1) is 18.4. The number of ether oxygens (including phenoxy) is 2. The van der Waals surface area contributed by atoms with Gasteiger partial charge in [-0.2, -0.15) is 4.98 Å². The number of aryl methyl sites for hydroxylation is 1. The van der Waals surface area contributed by atoms with Gasteiger partial charge in [-0.05, 0) is 33.6 Å². The van der Waals surface area contributed by atoms with E-state index in [0.717, 1.165) is 12.8 Å². The molecule has 1 saturated heterocycles. The number of carbonyl (C=O) groups excluding carboxylic acids is 1. The maximum atomic E-state index is 12.1. The maximum absolute atomic E-state index is 12.1. The van der Waals surface area contributed by atoms with Gasteiger partial charge >= 0.3 is 6.09 Å². The fourth-order valence-electron chi connectivity index (χ4n) is 2.60. The van der Waals surface area contributed by atoms with E-state index in [4.69, 9.17) is 18.4 Å². The summed E-state index contributed by atoms with van der Waals surface area (Å²) in [5.74, 6) is 1.29. The maximum Gasteiger partial charge on any atom is 0.410 e. The number of nitrogens with zero attached hydrogens (tertiary/aromatic N) is 4. The van der Waals surface area contributed by atoms with Gasteiger partial charge in [0.25, 0.3) is 5.89 Å². The highest BCUT2D eigenvalue weighted by atomic mass is 16.6. The lowest BCUT2D eigenvalue weighted by atomic mass is 10.1. The molecule has 142 valence electrons. The Hall–Kier alpha value is -2.42. The quantitative estimate of drug-likeness (QED) is 0.815. The highest BCUT2D eigenvalue weighted by molar-refractivity contribution is 5.68. The highest BCUT2D eigenvalue weighted by Gasteiger charge is 2.27. The zero-order chi connectivity index (χ0) is 18.7. The molecule has 3 rings (SSSR count). The molecule has 0 aromatic carbocycles. The van der Waals surface area contributed by atoms with Gasteiger partial charge in [0.1, 0.15) is 18.5 Å². The molecule has 0 N–H and O–H groups in total. The summed E-state index contributed by atoms with van der Waals surface area (Å²) in [6.07, 6.45) is 2.73. The summed E-state index contributed by atoms with van der Waals surface area (Å²) in [7, 11) is 0. The standard InChI is InChI=1S/C17H24N4O5/c1-11-18-13(9-23-11)15-19-14(20-26-15)10-24-12-5-7-21(8-6-12)16(22)25-17(2,3)4/h9,12H,5-8,10H2,1-4H3. The van der Waals surface area contributed by atoms with Crippen LogP contribution in [0.5, 0.6) is 0 Å². The van der Waals surface area contributed by atoms with E-state index in [-0.39, 0.29) is 18.8 Å². The lowest BCUT2D eigenvalue weighted by Crippen LogP contribution is -2.43. The van der Waals surface area contributed by atoms with Crippen molar-refractivity contribution in [2.45, 2.75) is 58.8 Å². The molecule has 26 heavy (non-hydrogen) atoms. The zero-order valence-corrected chi connectivity index (χ0v) is 15.5. The Morgan fingerprint density at radius 1 is 1.31 bits per heavy atom. The van der Waals surface area contributed by atoms with Gasteiger partial charge in [-0.15, -0.1) is 0 Å². The van der Waals surface area contributed by atoms with Crippen LogP contribution in [0.25, 0.3) is 11.6 Å². The molecule has 1 aliphatic heterocycles. The summed E-state index contributed by atoms with van der Waals surface area (Å²) in [6.45, 7) is 8.79. The van der Waals surface area contributed by atoms with Gasteiger partial charge in [0.05, 0.1) is 6.10 Å². The Bertz CT molecular complexity index is 740. The van der Waals surface area contributed by atoms with Gasteiger partial charge in [0.2, 0.25) is 0 Å². The van der Waals surface area contributed by atoms with Crippen LogP contribution in [0, 0.1) is 6.92 Å². The Balaban J connectivity index is 1.44. The van der Waals surface area contributed by atoms with Crippen molar-refractivity contribution in [1.29, 1.82) is 0 Å². The van der Waals surface area contributed by atoms with E-state index in [1.165, 1.54) is 6.26 Å². The molecule has 9 heteroatoms. The number of piperidine rings is 1. The summed E-state index contributed by atoms with van der Waals surface area (Å²) in [5.41, 5.74) is 0.0234. The average molecular weight is 364 g/mol. The summed E-state index contributed by atoms with van der Waals surface area (Å²) in [6, 6.07) is 0. The lowest BCUT2D eigenvalue weighted by molar-refractivity contribution is -0.0190. The molecular formula is C17H24N4O5. The van der Waals surface area contributed by atoms with E-state index in [0.29, 0.717) is 36.4 Å². The number of likely N-dealkylation sites (tertiary alicyclic amines) is 1. The summed E-state index contributed by atoms with van der Waals surface area (Å²) < 4.78 is 21.5. The van der Waals surface area contributed by atoms with Crippen molar-refractivity contribution in [3.63, 3.8) is 0 Å². The summed E-state index contributed by atoms with van der Waals surface area (Å²) in [4.78, 5) is 22.2. The number of hydrogen-bond acceptors (Lipinski definition) is 8. The first-order chi connectivity index (χ1) is 12.3. The molecule has 1 fully saturated rings. The first-order valence-electron chi connectivity index (χ1n) is 8.65. The highest BCUT2D eigenvalue weighted by Crippen LogP contribution is 2.19. The molecule has 0 spiro atoms. The van der Waals surface area contributed by atoms with Gasteiger partial charge in [-0.1, -0.05) is 5.16 Å². The predicted molar refractivity (Wildman–Crippen MR) is 90.2 cm³/mol. The largest absolute Gasteiger partial charge is 0.448 e. The third-order valence-electron chi connectivity index (χ3n) is 3.85. The van der Waals surface area contributed by atoms with Gasteiger partial charge in [0, 0.05) is 20.0 Å². The van der Waals surface area contributed by atoms with Crippen LogP contribution in [0.1, 0.15) is 45.3 Å². The third-order valence-corrected chi connectivity index (χ3v) is 3.85. The van der Waals surface area contributed by atoms with Crippen molar-refractivity contribution < 1.29 is 23.2 Å². The molecule has 1 aliphatic rings. The zero-order valence-electron chi connectivity index (χ0n) is 15.5. The summed E-state index contributed by atoms with van der Waals surface area (Å²) >= 11 is 0. The molecule has 2 aromatic rings. The molecule has 3 heterocycles. The van der Waals surface area contributed by atoms with Crippen LogP contribution >= 0.6 is 0 Å². The van der Waals surface area contributed by atoms with Gasteiger partial charge < -0.3 is 23.3 Å². The first-order valence-corrected chi connectivity index (χ1v) is 8.65. The number of hydrogen-bond donors (Lipinski definition) is 0. The molecule has 0 unspecified atom stereocenters. The van der Waals surface area contributed by atoms with E-state index in [1.54, 1.807) is 11.8 Å². The molecule has 0 bridgehead atoms. The monoisotopic (exact) mass is 364 g/mol. The fourth-order valence-corrected chi connectivity index (χ4v) is 2.60. The fraction of sp³-hybridized carbons (Fsp3) is 0.647. The van der Waals surface area contributed by atoms with E-state index < -0.39 is 5.60 Å². The Kier molecular flexibility index (Phi) is 5.26. The smallest absolute Gasteiger partial charge is 0.410 e. The minimum absolute atomic E-state index is 0.0462. The van der Waals surface area contributed by atoms with E-state index >= 15 is 0 Å². The molecular weight excluding hydrogens is 340 g/mol. The van der Waals surface area contributed by atoms with Crippen molar-refractivity contribution in [3.05, 3.63) is 18.0 Å². The molecule has 0 aliphatic carbocycles. The second kappa shape index (κ2) is 7.45. The van der Waals surface area contributed by atoms with Crippen LogP contribution in [0.4, 0.5) is 4.79 Å². The third kappa shape index (κ3) is 4.81. The second-order valence-electron chi connectivity index (χ2n) is 7.25. The van der Waals surface area contributed by atoms with Crippen molar-refractivity contribution in [1.82, 2.24) is 20.0 Å². The minimum Gasteiger partial charge on any atom is -0.448 e. The van der Waals surface area contributed by atoms with Gasteiger partial charge in [0.15, 0.2) is 17.4 Å². The van der Waals surface area contributed by atoms with Gasteiger partial charge in [-0.25, -0.2) is 9.78 Å². The molecule has 2 aromatic heterocycles. The topological polar surface area (TPSA) is 104 Å². The Morgan fingerprint density at radius 2 is 2.04 bits per heavy atom. The number of rotatable bonds is 4. The van der Waals surface area contributed by atoms with Crippen molar-refractivity contribution >= 4 is 6.09 Å².